The number of fused-ring (bicyclic) bond motifs is 3. The third kappa shape index (κ3) is 3.72. The van der Waals surface area contributed by atoms with Gasteiger partial charge in [0.2, 0.25) is 0 Å². The van der Waals surface area contributed by atoms with Crippen LogP contribution in [0.4, 0.5) is 17.1 Å². The first-order chi connectivity index (χ1) is 15.5. The molecule has 0 aromatic heterocycles. The number of hydrogen-bond donors (Lipinski definition) is 2. The number of nitriles is 1. The quantitative estimate of drug-likeness (QED) is 0.681. The Hall–Kier alpha value is -3.01. The zero-order valence-electron chi connectivity index (χ0n) is 18.0. The Labute approximate surface area is 193 Å². The monoisotopic (exact) mass is 447 g/mol. The lowest BCUT2D eigenvalue weighted by Gasteiger charge is -2.30. The fourth-order valence-electron chi connectivity index (χ4n) is 4.95. The molecule has 2 aromatic rings. The van der Waals surface area contributed by atoms with Gasteiger partial charge in [0.05, 0.1) is 28.7 Å². The van der Waals surface area contributed by atoms with Crippen molar-refractivity contribution in [2.75, 3.05) is 23.3 Å². The molecule has 1 amide bonds. The maximum absolute atomic E-state index is 13.5. The van der Waals surface area contributed by atoms with Crippen LogP contribution in [0.5, 0.6) is 0 Å². The SMILES string of the molecule is C=C(CN[C@@H](C)CN1C(=O)c2cc(Cl)ccc2Nc2ccccc21)N1C(C#N)C[C@@H]2C[C@@H]21. The van der Waals surface area contributed by atoms with Crippen LogP contribution in [0.3, 0.4) is 0 Å². The fourth-order valence-corrected chi connectivity index (χ4v) is 5.12. The van der Waals surface area contributed by atoms with Crippen molar-refractivity contribution in [1.82, 2.24) is 10.2 Å². The lowest BCUT2D eigenvalue weighted by atomic mass is 10.1. The van der Waals surface area contributed by atoms with Gasteiger partial charge in [-0.25, -0.2) is 0 Å². The minimum Gasteiger partial charge on any atom is -0.355 e. The van der Waals surface area contributed by atoms with Gasteiger partial charge in [0.1, 0.15) is 6.04 Å². The van der Waals surface area contributed by atoms with Crippen LogP contribution in [0.25, 0.3) is 0 Å². The van der Waals surface area contributed by atoms with Crippen molar-refractivity contribution in [3.8, 4) is 6.07 Å². The van der Waals surface area contributed by atoms with Crippen molar-refractivity contribution in [2.45, 2.75) is 37.9 Å². The predicted octanol–water partition coefficient (Wildman–Crippen LogP) is 4.52. The van der Waals surface area contributed by atoms with Gasteiger partial charge in [0.25, 0.3) is 5.91 Å². The first-order valence-electron chi connectivity index (χ1n) is 11.0. The summed E-state index contributed by atoms with van der Waals surface area (Å²) >= 11 is 6.20. The lowest BCUT2D eigenvalue weighted by molar-refractivity contribution is 0.0986. The summed E-state index contributed by atoms with van der Waals surface area (Å²) in [5.74, 6) is 0.566. The smallest absolute Gasteiger partial charge is 0.260 e. The molecule has 3 aliphatic rings. The molecular formula is C25H26ClN5O. The van der Waals surface area contributed by atoms with Gasteiger partial charge in [-0.05, 0) is 56.0 Å². The van der Waals surface area contributed by atoms with Crippen LogP contribution in [0.15, 0.2) is 54.7 Å². The Bertz CT molecular complexity index is 1130. The van der Waals surface area contributed by atoms with E-state index in [0.717, 1.165) is 29.2 Å². The summed E-state index contributed by atoms with van der Waals surface area (Å²) < 4.78 is 0. The first-order valence-corrected chi connectivity index (χ1v) is 11.4. The maximum atomic E-state index is 13.5. The van der Waals surface area contributed by atoms with E-state index >= 15 is 0 Å². The van der Waals surface area contributed by atoms with Crippen LogP contribution in [0, 0.1) is 17.2 Å². The Morgan fingerprint density at radius 3 is 2.94 bits per heavy atom. The number of amides is 1. The Morgan fingerprint density at radius 1 is 1.31 bits per heavy atom. The number of para-hydroxylation sites is 2. The van der Waals surface area contributed by atoms with Gasteiger partial charge in [0, 0.05) is 35.9 Å². The van der Waals surface area contributed by atoms with Gasteiger partial charge < -0.3 is 20.4 Å². The van der Waals surface area contributed by atoms with Crippen LogP contribution >= 0.6 is 11.6 Å². The summed E-state index contributed by atoms with van der Waals surface area (Å²) in [6.45, 7) is 7.39. The molecule has 2 aromatic carbocycles. The molecule has 1 aliphatic carbocycles. The molecule has 1 unspecified atom stereocenters. The second-order valence-corrected chi connectivity index (χ2v) is 9.38. The molecule has 5 rings (SSSR count). The second-order valence-electron chi connectivity index (χ2n) is 8.95. The van der Waals surface area contributed by atoms with Crippen LogP contribution in [-0.4, -0.2) is 42.0 Å². The molecule has 0 radical (unpaired) electrons. The fraction of sp³-hybridized carbons (Fsp3) is 0.360. The van der Waals surface area contributed by atoms with Crippen molar-refractivity contribution in [3.05, 3.63) is 65.3 Å². The number of hydrogen-bond acceptors (Lipinski definition) is 5. The third-order valence-corrected chi connectivity index (χ3v) is 6.89. The highest BCUT2D eigenvalue weighted by Gasteiger charge is 2.52. The highest BCUT2D eigenvalue weighted by atomic mass is 35.5. The number of benzene rings is 2. The molecule has 32 heavy (non-hydrogen) atoms. The normalized spacial score (nSPS) is 23.9. The molecule has 164 valence electrons. The van der Waals surface area contributed by atoms with E-state index in [0.29, 0.717) is 35.6 Å². The summed E-state index contributed by atoms with van der Waals surface area (Å²) in [6.07, 6.45) is 2.12. The molecule has 7 heteroatoms. The van der Waals surface area contributed by atoms with Gasteiger partial charge in [-0.3, -0.25) is 4.79 Å². The first kappa shape index (κ1) is 20.9. The Morgan fingerprint density at radius 2 is 2.12 bits per heavy atom. The lowest BCUT2D eigenvalue weighted by Crippen LogP contribution is -2.44. The minimum atomic E-state index is -0.0858. The predicted molar refractivity (Wildman–Crippen MR) is 127 cm³/mol. The Kier molecular flexibility index (Phi) is 5.32. The molecule has 0 bridgehead atoms. The van der Waals surface area contributed by atoms with E-state index < -0.39 is 0 Å². The number of rotatable bonds is 6. The largest absolute Gasteiger partial charge is 0.355 e. The zero-order valence-corrected chi connectivity index (χ0v) is 18.8. The molecule has 2 N–H and O–H groups in total. The van der Waals surface area contributed by atoms with E-state index in [1.165, 1.54) is 6.42 Å². The van der Waals surface area contributed by atoms with Gasteiger partial charge in [-0.2, -0.15) is 5.26 Å². The molecule has 0 spiro atoms. The summed E-state index contributed by atoms with van der Waals surface area (Å²) in [4.78, 5) is 17.5. The zero-order chi connectivity index (χ0) is 22.4. The van der Waals surface area contributed by atoms with Crippen molar-refractivity contribution in [1.29, 1.82) is 5.26 Å². The van der Waals surface area contributed by atoms with Gasteiger partial charge >= 0.3 is 0 Å². The summed E-state index contributed by atoms with van der Waals surface area (Å²) in [6, 6.07) is 16.0. The van der Waals surface area contributed by atoms with E-state index in [2.05, 4.69) is 35.1 Å². The van der Waals surface area contributed by atoms with Gasteiger partial charge in [-0.1, -0.05) is 30.3 Å². The van der Waals surface area contributed by atoms with Crippen molar-refractivity contribution < 1.29 is 4.79 Å². The van der Waals surface area contributed by atoms with Crippen LogP contribution in [0.2, 0.25) is 5.02 Å². The van der Waals surface area contributed by atoms with E-state index in [4.69, 9.17) is 11.6 Å². The van der Waals surface area contributed by atoms with E-state index in [1.807, 2.05) is 30.3 Å². The van der Waals surface area contributed by atoms with Gasteiger partial charge in [-0.15, -0.1) is 0 Å². The highest BCUT2D eigenvalue weighted by molar-refractivity contribution is 6.31. The average molecular weight is 448 g/mol. The maximum Gasteiger partial charge on any atom is 0.260 e. The third-order valence-electron chi connectivity index (χ3n) is 6.65. The summed E-state index contributed by atoms with van der Waals surface area (Å²) in [7, 11) is 0. The standard InChI is InChI=1S/C25H26ClN5O/c1-15(28-13-16(2)31-19(12-27)9-17-10-24(17)31)14-30-23-6-4-3-5-22(23)29-21-8-7-18(26)11-20(21)25(30)32/h3-8,11,15,17,19,24,28-29H,2,9-10,13-14H2,1H3/t15-,17+,19?,24-/m0/s1. The van der Waals surface area contributed by atoms with E-state index in [9.17, 15) is 10.1 Å². The topological polar surface area (TPSA) is 71.4 Å². The number of likely N-dealkylation sites (tertiary alicyclic amines) is 1. The van der Waals surface area contributed by atoms with E-state index in [-0.39, 0.29) is 18.0 Å². The summed E-state index contributed by atoms with van der Waals surface area (Å²) in [5.41, 5.74) is 3.97. The number of halogens is 1. The number of anilines is 3. The molecule has 1 saturated carbocycles. The average Bonchev–Trinajstić information content (AvgIpc) is 3.48. The number of carbonyl (C=O) groups excluding carboxylic acids is 1. The molecule has 2 heterocycles. The number of nitrogens with one attached hydrogen (secondary N) is 2. The molecule has 2 fully saturated rings. The van der Waals surface area contributed by atoms with Crippen LogP contribution in [0.1, 0.15) is 30.1 Å². The Balaban J connectivity index is 1.32. The van der Waals surface area contributed by atoms with Crippen LogP contribution in [-0.2, 0) is 0 Å². The van der Waals surface area contributed by atoms with Crippen molar-refractivity contribution >= 4 is 34.6 Å². The minimum absolute atomic E-state index is 0.0163. The summed E-state index contributed by atoms with van der Waals surface area (Å²) in [5, 5.41) is 16.9. The highest BCUT2D eigenvalue weighted by Crippen LogP contribution is 2.49. The number of carbonyl (C=O) groups is 1. The van der Waals surface area contributed by atoms with Crippen molar-refractivity contribution in [3.63, 3.8) is 0 Å². The molecule has 2 aliphatic heterocycles. The van der Waals surface area contributed by atoms with Crippen LogP contribution < -0.4 is 15.5 Å². The van der Waals surface area contributed by atoms with Gasteiger partial charge in [0.15, 0.2) is 0 Å². The molecule has 6 nitrogen and oxygen atoms in total. The van der Waals surface area contributed by atoms with E-state index in [1.54, 1.807) is 17.0 Å². The molecule has 4 atom stereocenters. The number of piperidine rings is 1. The molecule has 1 saturated heterocycles. The number of nitrogens with zero attached hydrogens (tertiary/aromatic N) is 3. The van der Waals surface area contributed by atoms with Crippen molar-refractivity contribution in [2.24, 2.45) is 5.92 Å². The second kappa shape index (κ2) is 8.16. The molecular weight excluding hydrogens is 422 g/mol.